The molecule has 0 spiro atoms. The molecule has 0 aromatic heterocycles. The molecule has 0 saturated carbocycles. The molecule has 130 valence electrons. The average Bonchev–Trinajstić information content (AvgIpc) is 2.54. The number of amidine groups is 1. The molecule has 1 aromatic carbocycles. The fourth-order valence-corrected chi connectivity index (χ4v) is 2.58. The number of hydrogen-bond donors (Lipinski definition) is 4. The van der Waals surface area contributed by atoms with Crippen molar-refractivity contribution in [3.05, 3.63) is 29.8 Å². The molecule has 1 aliphatic heterocycles. The summed E-state index contributed by atoms with van der Waals surface area (Å²) in [5.41, 5.74) is 6.68. The molecular formula is C16H23N5O3. The Kier molecular flexibility index (Phi) is 6.28. The summed E-state index contributed by atoms with van der Waals surface area (Å²) in [6.07, 6.45) is 0.382. The molecule has 24 heavy (non-hydrogen) atoms. The van der Waals surface area contributed by atoms with E-state index in [9.17, 15) is 9.59 Å². The minimum atomic E-state index is -0.807. The molecule has 0 unspecified atom stereocenters. The molecule has 1 fully saturated rings. The van der Waals surface area contributed by atoms with E-state index in [0.717, 1.165) is 13.1 Å². The Balaban J connectivity index is 1.70. The van der Waals surface area contributed by atoms with Gasteiger partial charge < -0.3 is 21.1 Å². The van der Waals surface area contributed by atoms with Gasteiger partial charge in [-0.25, -0.2) is 0 Å². The normalized spacial score (nSPS) is 15.8. The van der Waals surface area contributed by atoms with Crippen LogP contribution in [0.3, 0.4) is 0 Å². The first-order valence-electron chi connectivity index (χ1n) is 7.85. The summed E-state index contributed by atoms with van der Waals surface area (Å²) < 4.78 is 0. The highest BCUT2D eigenvalue weighted by molar-refractivity contribution is 5.96. The first-order chi connectivity index (χ1) is 11.4. The minimum absolute atomic E-state index is 0.00471. The lowest BCUT2D eigenvalue weighted by Gasteiger charge is -2.33. The minimum Gasteiger partial charge on any atom is -0.480 e. The molecule has 2 rings (SSSR count). The molecule has 0 bridgehead atoms. The highest BCUT2D eigenvalue weighted by Crippen LogP contribution is 2.10. The third-order valence-electron chi connectivity index (χ3n) is 3.96. The molecule has 1 aliphatic rings. The van der Waals surface area contributed by atoms with Crippen molar-refractivity contribution in [3.63, 3.8) is 0 Å². The van der Waals surface area contributed by atoms with Crippen molar-refractivity contribution in [1.29, 1.82) is 5.41 Å². The molecule has 1 amide bonds. The van der Waals surface area contributed by atoms with Gasteiger partial charge in [0, 0.05) is 50.4 Å². The summed E-state index contributed by atoms with van der Waals surface area (Å²) >= 11 is 0. The van der Waals surface area contributed by atoms with Gasteiger partial charge in [0.15, 0.2) is 0 Å². The number of aliphatic carboxylic acids is 1. The zero-order valence-electron chi connectivity index (χ0n) is 13.5. The first-order valence-corrected chi connectivity index (χ1v) is 7.85. The largest absolute Gasteiger partial charge is 0.480 e. The van der Waals surface area contributed by atoms with Gasteiger partial charge in [-0.05, 0) is 24.3 Å². The second-order valence-corrected chi connectivity index (χ2v) is 5.80. The number of amides is 1. The van der Waals surface area contributed by atoms with E-state index < -0.39 is 5.97 Å². The van der Waals surface area contributed by atoms with Gasteiger partial charge in [-0.1, -0.05) is 0 Å². The van der Waals surface area contributed by atoms with Crippen LogP contribution < -0.4 is 11.1 Å². The highest BCUT2D eigenvalue weighted by Gasteiger charge is 2.18. The zero-order valence-corrected chi connectivity index (χ0v) is 13.5. The number of carbonyl (C=O) groups is 2. The van der Waals surface area contributed by atoms with Crippen LogP contribution in [0.15, 0.2) is 24.3 Å². The van der Waals surface area contributed by atoms with Crippen molar-refractivity contribution in [3.8, 4) is 0 Å². The summed E-state index contributed by atoms with van der Waals surface area (Å²) in [4.78, 5) is 26.7. The van der Waals surface area contributed by atoms with Gasteiger partial charge >= 0.3 is 5.97 Å². The second kappa shape index (κ2) is 8.42. The first kappa shape index (κ1) is 17.9. The predicted molar refractivity (Wildman–Crippen MR) is 91.2 cm³/mol. The molecule has 5 N–H and O–H groups in total. The van der Waals surface area contributed by atoms with Crippen LogP contribution in [0.2, 0.25) is 0 Å². The topological polar surface area (TPSA) is 123 Å². The van der Waals surface area contributed by atoms with E-state index in [1.165, 1.54) is 0 Å². The van der Waals surface area contributed by atoms with Crippen molar-refractivity contribution in [2.24, 2.45) is 5.73 Å². The number of benzene rings is 1. The molecule has 0 radical (unpaired) electrons. The number of rotatable bonds is 7. The van der Waals surface area contributed by atoms with E-state index in [-0.39, 0.29) is 18.3 Å². The number of carbonyl (C=O) groups excluding carboxylic acids is 1. The molecule has 8 heteroatoms. The summed E-state index contributed by atoms with van der Waals surface area (Å²) in [6.45, 7) is 3.69. The van der Waals surface area contributed by atoms with E-state index in [1.54, 1.807) is 24.3 Å². The van der Waals surface area contributed by atoms with Crippen LogP contribution >= 0.6 is 0 Å². The Morgan fingerprint density at radius 3 is 2.25 bits per heavy atom. The van der Waals surface area contributed by atoms with E-state index >= 15 is 0 Å². The molecule has 0 aliphatic carbocycles. The van der Waals surface area contributed by atoms with Crippen molar-refractivity contribution >= 4 is 23.4 Å². The quantitative estimate of drug-likeness (QED) is 0.411. The van der Waals surface area contributed by atoms with E-state index in [0.29, 0.717) is 37.3 Å². The van der Waals surface area contributed by atoms with Gasteiger partial charge in [0.2, 0.25) is 5.91 Å². The maximum absolute atomic E-state index is 12.0. The molecule has 1 heterocycles. The molecule has 8 nitrogen and oxygen atoms in total. The van der Waals surface area contributed by atoms with Gasteiger partial charge in [0.05, 0.1) is 6.54 Å². The molecule has 0 atom stereocenters. The van der Waals surface area contributed by atoms with Crippen LogP contribution in [-0.2, 0) is 9.59 Å². The Morgan fingerprint density at radius 1 is 1.12 bits per heavy atom. The lowest BCUT2D eigenvalue weighted by molar-refractivity contribution is -0.138. The van der Waals surface area contributed by atoms with Gasteiger partial charge in [-0.15, -0.1) is 0 Å². The number of nitrogens with zero attached hydrogens (tertiary/aromatic N) is 2. The van der Waals surface area contributed by atoms with Crippen molar-refractivity contribution < 1.29 is 14.7 Å². The van der Waals surface area contributed by atoms with Crippen molar-refractivity contribution in [2.75, 3.05) is 44.6 Å². The number of hydrogen-bond acceptors (Lipinski definition) is 5. The Bertz CT molecular complexity index is 594. The number of anilines is 1. The Hall–Kier alpha value is -2.45. The van der Waals surface area contributed by atoms with Gasteiger partial charge in [0.1, 0.15) is 5.84 Å². The third-order valence-corrected chi connectivity index (χ3v) is 3.96. The van der Waals surface area contributed by atoms with Crippen LogP contribution in [0.5, 0.6) is 0 Å². The van der Waals surface area contributed by atoms with Crippen molar-refractivity contribution in [2.45, 2.75) is 6.42 Å². The van der Waals surface area contributed by atoms with Gasteiger partial charge in [-0.2, -0.15) is 0 Å². The van der Waals surface area contributed by atoms with Gasteiger partial charge in [-0.3, -0.25) is 19.9 Å². The maximum Gasteiger partial charge on any atom is 0.317 e. The van der Waals surface area contributed by atoms with Crippen LogP contribution in [0.25, 0.3) is 0 Å². The molecule has 1 saturated heterocycles. The van der Waals surface area contributed by atoms with Gasteiger partial charge in [0.25, 0.3) is 0 Å². The summed E-state index contributed by atoms with van der Waals surface area (Å²) in [5, 5.41) is 18.9. The van der Waals surface area contributed by atoms with E-state index in [2.05, 4.69) is 10.2 Å². The maximum atomic E-state index is 12.0. The fraction of sp³-hybridized carbons (Fsp3) is 0.438. The Morgan fingerprint density at radius 2 is 1.71 bits per heavy atom. The van der Waals surface area contributed by atoms with E-state index in [4.69, 9.17) is 16.2 Å². The van der Waals surface area contributed by atoms with Crippen LogP contribution in [0.4, 0.5) is 5.69 Å². The van der Waals surface area contributed by atoms with Crippen LogP contribution in [0.1, 0.15) is 12.0 Å². The van der Waals surface area contributed by atoms with Crippen LogP contribution in [-0.4, -0.2) is 71.9 Å². The summed E-state index contributed by atoms with van der Waals surface area (Å²) in [5.74, 6) is -0.882. The fourth-order valence-electron chi connectivity index (χ4n) is 2.58. The summed E-state index contributed by atoms with van der Waals surface area (Å²) in [7, 11) is 0. The van der Waals surface area contributed by atoms with Crippen LogP contribution in [0, 0.1) is 5.41 Å². The highest BCUT2D eigenvalue weighted by atomic mass is 16.4. The smallest absolute Gasteiger partial charge is 0.317 e. The lowest BCUT2D eigenvalue weighted by atomic mass is 10.2. The monoisotopic (exact) mass is 333 g/mol. The standard InChI is InChI=1S/C16H23N5O3/c17-16(18)12-1-3-13(4-2-12)19-14(22)5-6-20-7-9-21(10-8-20)11-15(23)24/h1-4H,5-11H2,(H3,17,18)(H,19,22)(H,23,24). The third kappa shape index (κ3) is 5.64. The van der Waals surface area contributed by atoms with Crippen molar-refractivity contribution in [1.82, 2.24) is 9.80 Å². The SMILES string of the molecule is N=C(N)c1ccc(NC(=O)CCN2CCN(CC(=O)O)CC2)cc1. The zero-order chi connectivity index (χ0) is 17.5. The summed E-state index contributed by atoms with van der Waals surface area (Å²) in [6, 6.07) is 6.83. The lowest BCUT2D eigenvalue weighted by Crippen LogP contribution is -2.48. The molecule has 1 aromatic rings. The number of carboxylic acids is 1. The van der Waals surface area contributed by atoms with E-state index in [1.807, 2.05) is 4.90 Å². The number of nitrogens with one attached hydrogen (secondary N) is 2. The number of nitrogens with two attached hydrogens (primary N) is 1. The number of carboxylic acid groups (broad SMARTS) is 1. The number of nitrogen functional groups attached to an aromatic ring is 1. The number of piperazine rings is 1. The average molecular weight is 333 g/mol. The second-order valence-electron chi connectivity index (χ2n) is 5.80. The molecular weight excluding hydrogens is 310 g/mol. The predicted octanol–water partition coefficient (Wildman–Crippen LogP) is 0.00147. The Labute approximate surface area is 140 Å².